The van der Waals surface area contributed by atoms with E-state index in [1.165, 1.54) is 37.3 Å². The van der Waals surface area contributed by atoms with Gasteiger partial charge in [0.05, 0.1) is 26.2 Å². The molecule has 3 aromatic carbocycles. The largest absolute Gasteiger partial charge is 0.434 e. The van der Waals surface area contributed by atoms with Crippen LogP contribution in [-0.4, -0.2) is 35.9 Å². The second-order valence-corrected chi connectivity index (χ2v) is 10.5. The Labute approximate surface area is 208 Å². The maximum Gasteiger partial charge on any atom is 0.387 e. The molecule has 1 aromatic heterocycles. The molecule has 184 valence electrons. The molecule has 0 aliphatic heterocycles. The molecule has 0 radical (unpaired) electrons. The van der Waals surface area contributed by atoms with Gasteiger partial charge < -0.3 is 14.8 Å². The number of benzene rings is 3. The fourth-order valence-corrected chi connectivity index (χ4v) is 5.18. The van der Waals surface area contributed by atoms with Gasteiger partial charge in [-0.05, 0) is 24.3 Å². The van der Waals surface area contributed by atoms with Crippen molar-refractivity contribution in [2.45, 2.75) is 24.5 Å². The van der Waals surface area contributed by atoms with Crippen LogP contribution in [0.3, 0.4) is 0 Å². The molecule has 0 fully saturated rings. The third-order valence-corrected chi connectivity index (χ3v) is 7.72. The summed E-state index contributed by atoms with van der Waals surface area (Å²) in [6.07, 6.45) is -1.59. The number of para-hydroxylation sites is 1. The highest BCUT2D eigenvalue weighted by atomic mass is 35.5. The van der Waals surface area contributed by atoms with Gasteiger partial charge in [0, 0.05) is 16.7 Å². The van der Waals surface area contributed by atoms with Crippen molar-refractivity contribution in [3.63, 3.8) is 0 Å². The minimum atomic E-state index is -3.64. The van der Waals surface area contributed by atoms with E-state index >= 15 is 0 Å². The van der Waals surface area contributed by atoms with Crippen molar-refractivity contribution in [2.75, 3.05) is 5.75 Å². The Hall–Kier alpha value is -2.79. The minimum Gasteiger partial charge on any atom is -0.434 e. The third kappa shape index (κ3) is 4.84. The highest BCUT2D eigenvalue weighted by Crippen LogP contribution is 2.43. The molecular weight excluding hydrogens is 528 g/mol. The number of halogens is 5. The van der Waals surface area contributed by atoms with Crippen LogP contribution in [0.4, 0.5) is 13.2 Å². The monoisotopic (exact) mass is 544 g/mol. The Kier molecular flexibility index (Phi) is 7.01. The van der Waals surface area contributed by atoms with Crippen LogP contribution in [0.25, 0.3) is 22.2 Å². The van der Waals surface area contributed by atoms with E-state index in [1.807, 2.05) is 0 Å². The fraction of sp³-hybridized carbons (Fsp3) is 0.174. The lowest BCUT2D eigenvalue weighted by molar-refractivity contribution is -0.0494. The molecule has 6 nitrogen and oxygen atoms in total. The number of sulfone groups is 1. The van der Waals surface area contributed by atoms with Gasteiger partial charge in [0.2, 0.25) is 0 Å². The van der Waals surface area contributed by atoms with E-state index in [2.05, 4.69) is 14.7 Å². The van der Waals surface area contributed by atoms with Crippen LogP contribution in [0.5, 0.6) is 5.75 Å². The molecule has 0 spiro atoms. The van der Waals surface area contributed by atoms with Crippen molar-refractivity contribution >= 4 is 44.1 Å². The molecule has 1 unspecified atom stereocenters. The number of aliphatic hydroxyl groups excluding tert-OH is 1. The SMILES string of the molecule is CCS(=O)(=O)c1ccc(C(O)c2nc3c(Cl)c(-c4ccccc4OC(F)F)c(Cl)cc3[nH]2)c(F)c1. The molecule has 12 heteroatoms. The number of rotatable bonds is 7. The Morgan fingerprint density at radius 1 is 1.14 bits per heavy atom. The Balaban J connectivity index is 1.79. The number of imidazole rings is 1. The van der Waals surface area contributed by atoms with Crippen LogP contribution < -0.4 is 4.74 Å². The molecule has 0 aliphatic rings. The first-order chi connectivity index (χ1) is 16.5. The first-order valence-corrected chi connectivity index (χ1v) is 12.6. The number of fused-ring (bicyclic) bond motifs is 1. The maximum absolute atomic E-state index is 14.7. The fourth-order valence-electron chi connectivity index (χ4n) is 3.59. The van der Waals surface area contributed by atoms with Gasteiger partial charge >= 0.3 is 6.61 Å². The average Bonchev–Trinajstić information content (AvgIpc) is 3.23. The zero-order valence-corrected chi connectivity index (χ0v) is 20.2. The predicted octanol–water partition coefficient (Wildman–Crippen LogP) is 6.15. The number of H-pyrrole nitrogens is 1. The minimum absolute atomic E-state index is 0.00243. The van der Waals surface area contributed by atoms with Gasteiger partial charge in [-0.15, -0.1) is 0 Å². The summed E-state index contributed by atoms with van der Waals surface area (Å²) in [5.41, 5.74) is 0.629. The topological polar surface area (TPSA) is 92.3 Å². The zero-order valence-electron chi connectivity index (χ0n) is 17.9. The number of nitrogens with one attached hydrogen (secondary N) is 1. The molecule has 0 bridgehead atoms. The zero-order chi connectivity index (χ0) is 25.5. The van der Waals surface area contributed by atoms with Gasteiger partial charge in [0.25, 0.3) is 0 Å². The molecule has 35 heavy (non-hydrogen) atoms. The van der Waals surface area contributed by atoms with E-state index in [1.54, 1.807) is 6.07 Å². The summed E-state index contributed by atoms with van der Waals surface area (Å²) in [6, 6.07) is 10.6. The highest BCUT2D eigenvalue weighted by molar-refractivity contribution is 7.91. The molecule has 1 heterocycles. The Bertz CT molecular complexity index is 1530. The number of aromatic amines is 1. The van der Waals surface area contributed by atoms with E-state index in [0.29, 0.717) is 5.52 Å². The van der Waals surface area contributed by atoms with Gasteiger partial charge in [-0.1, -0.05) is 54.4 Å². The molecule has 0 aliphatic carbocycles. The number of nitrogens with zero attached hydrogens (tertiary/aromatic N) is 1. The van der Waals surface area contributed by atoms with Crippen LogP contribution in [0.15, 0.2) is 53.4 Å². The molecule has 4 rings (SSSR count). The number of hydrogen-bond donors (Lipinski definition) is 2. The average molecular weight is 545 g/mol. The van der Waals surface area contributed by atoms with Gasteiger partial charge in [-0.3, -0.25) is 0 Å². The van der Waals surface area contributed by atoms with Crippen molar-refractivity contribution in [1.82, 2.24) is 9.97 Å². The van der Waals surface area contributed by atoms with Crippen LogP contribution in [0.1, 0.15) is 24.4 Å². The summed E-state index contributed by atoms with van der Waals surface area (Å²) in [5.74, 6) is -1.37. The summed E-state index contributed by atoms with van der Waals surface area (Å²) >= 11 is 12.9. The molecule has 0 amide bonds. The van der Waals surface area contributed by atoms with Crippen molar-refractivity contribution in [1.29, 1.82) is 0 Å². The maximum atomic E-state index is 14.7. The van der Waals surface area contributed by atoms with E-state index in [0.717, 1.165) is 12.1 Å². The summed E-state index contributed by atoms with van der Waals surface area (Å²) in [4.78, 5) is 6.88. The summed E-state index contributed by atoms with van der Waals surface area (Å²) in [7, 11) is -3.64. The van der Waals surface area contributed by atoms with E-state index < -0.39 is 28.4 Å². The summed E-state index contributed by atoms with van der Waals surface area (Å²) in [5, 5.41) is 10.8. The van der Waals surface area contributed by atoms with Crippen molar-refractivity contribution in [3.8, 4) is 16.9 Å². The van der Waals surface area contributed by atoms with Gasteiger partial charge in [0.1, 0.15) is 29.0 Å². The second-order valence-electron chi connectivity index (χ2n) is 7.43. The number of aromatic nitrogens is 2. The Morgan fingerprint density at radius 3 is 2.51 bits per heavy atom. The number of aliphatic hydroxyl groups is 1. The summed E-state index contributed by atoms with van der Waals surface area (Å²) in [6.45, 7) is -1.64. The molecule has 0 saturated heterocycles. The third-order valence-electron chi connectivity index (χ3n) is 5.32. The second kappa shape index (κ2) is 9.69. The van der Waals surface area contributed by atoms with Crippen molar-refractivity contribution < 1.29 is 31.4 Å². The number of hydrogen-bond acceptors (Lipinski definition) is 5. The van der Waals surface area contributed by atoms with E-state index in [9.17, 15) is 26.7 Å². The van der Waals surface area contributed by atoms with Crippen molar-refractivity contribution in [2.24, 2.45) is 0 Å². The van der Waals surface area contributed by atoms with Crippen LogP contribution >= 0.6 is 23.2 Å². The molecule has 2 N–H and O–H groups in total. The van der Waals surface area contributed by atoms with Gasteiger partial charge in [0.15, 0.2) is 9.84 Å². The first-order valence-electron chi connectivity index (χ1n) is 10.2. The van der Waals surface area contributed by atoms with Crippen molar-refractivity contribution in [3.05, 3.63) is 75.8 Å². The molecular formula is C23H17Cl2F3N2O4S. The standard InChI is InChI=1S/C23H17Cl2F3N2O4S/c1-2-35(32,33)11-7-8-12(15(26)9-11)21(31)22-29-16-10-14(24)18(19(25)20(16)30-22)13-5-3-4-6-17(13)34-23(27)28/h3-10,21,23,31H,2H2,1H3,(H,29,30). The van der Waals surface area contributed by atoms with E-state index in [4.69, 9.17) is 23.2 Å². The predicted molar refractivity (Wildman–Crippen MR) is 126 cm³/mol. The Morgan fingerprint density at radius 2 is 1.86 bits per heavy atom. The quantitative estimate of drug-likeness (QED) is 0.291. The lowest BCUT2D eigenvalue weighted by atomic mass is 10.0. The number of alkyl halides is 2. The first kappa shape index (κ1) is 25.3. The van der Waals surface area contributed by atoms with Crippen LogP contribution in [-0.2, 0) is 9.84 Å². The van der Waals surface area contributed by atoms with Crippen LogP contribution in [0, 0.1) is 5.82 Å². The van der Waals surface area contributed by atoms with E-state index in [-0.39, 0.29) is 54.5 Å². The normalized spacial score (nSPS) is 12.9. The van der Waals surface area contributed by atoms with Gasteiger partial charge in [-0.25, -0.2) is 17.8 Å². The highest BCUT2D eigenvalue weighted by Gasteiger charge is 2.24. The molecule has 0 saturated carbocycles. The smallest absolute Gasteiger partial charge is 0.387 e. The lowest BCUT2D eigenvalue weighted by Crippen LogP contribution is -2.08. The lowest BCUT2D eigenvalue weighted by Gasteiger charge is -2.13. The van der Waals surface area contributed by atoms with Gasteiger partial charge in [-0.2, -0.15) is 8.78 Å². The number of ether oxygens (including phenoxy) is 1. The molecule has 4 aromatic rings. The summed E-state index contributed by atoms with van der Waals surface area (Å²) < 4.78 is 69.0. The molecule has 1 atom stereocenters. The van der Waals surface area contributed by atoms with Crippen LogP contribution in [0.2, 0.25) is 10.0 Å².